The zero-order chi connectivity index (χ0) is 15.2. The summed E-state index contributed by atoms with van der Waals surface area (Å²) in [5.74, 6) is 0.680. The molecule has 0 saturated carbocycles. The number of imide groups is 1. The van der Waals surface area contributed by atoms with Crippen LogP contribution in [0.4, 0.5) is 0 Å². The second-order valence-corrected chi connectivity index (χ2v) is 6.25. The van der Waals surface area contributed by atoms with Gasteiger partial charge in [0.2, 0.25) is 11.8 Å². The molecule has 0 bridgehead atoms. The first kappa shape index (κ1) is 13.4. The van der Waals surface area contributed by atoms with Crippen LogP contribution >= 0.6 is 12.0 Å². The van der Waals surface area contributed by atoms with Crippen LogP contribution in [0.5, 0.6) is 5.75 Å². The Labute approximate surface area is 132 Å². The number of nitrogens with one attached hydrogen (secondary N) is 1. The molecular weight excluding hydrogens is 298 g/mol. The van der Waals surface area contributed by atoms with Crippen LogP contribution in [-0.2, 0) is 15.0 Å². The van der Waals surface area contributed by atoms with E-state index in [1.165, 1.54) is 12.0 Å². The first-order valence-electron chi connectivity index (χ1n) is 7.03. The maximum Gasteiger partial charge on any atom is 0.238 e. The number of carbonyl (C=O) groups is 2. The number of hydrogen-bond donors (Lipinski definition) is 1. The SMILES string of the molecule is O=C1CC2(CSOc3ccc(-c4ccccc4)cc32)C(=O)N1. The first-order chi connectivity index (χ1) is 10.7. The molecular formula is C17H13NO3S. The normalized spacial score (nSPS) is 23.1. The Balaban J connectivity index is 1.87. The maximum atomic E-state index is 12.4. The van der Waals surface area contributed by atoms with Gasteiger partial charge in [-0.2, -0.15) is 0 Å². The van der Waals surface area contributed by atoms with Gasteiger partial charge in [0.15, 0.2) is 0 Å². The highest BCUT2D eigenvalue weighted by atomic mass is 32.2. The molecule has 1 fully saturated rings. The average molecular weight is 311 g/mol. The van der Waals surface area contributed by atoms with E-state index >= 15 is 0 Å². The number of amides is 2. The number of rotatable bonds is 1. The predicted molar refractivity (Wildman–Crippen MR) is 84.4 cm³/mol. The molecule has 0 aromatic heterocycles. The largest absolute Gasteiger partial charge is 0.425 e. The second kappa shape index (κ2) is 4.88. The van der Waals surface area contributed by atoms with Crippen molar-refractivity contribution in [2.75, 3.05) is 5.75 Å². The Morgan fingerprint density at radius 2 is 1.86 bits per heavy atom. The lowest BCUT2D eigenvalue weighted by molar-refractivity contribution is -0.126. The molecule has 5 heteroatoms. The van der Waals surface area contributed by atoms with Crippen molar-refractivity contribution in [1.82, 2.24) is 5.32 Å². The molecule has 1 unspecified atom stereocenters. The van der Waals surface area contributed by atoms with Gasteiger partial charge in [-0.05, 0) is 23.3 Å². The Morgan fingerprint density at radius 3 is 2.59 bits per heavy atom. The molecule has 4 nitrogen and oxygen atoms in total. The van der Waals surface area contributed by atoms with Crippen LogP contribution in [0.25, 0.3) is 11.1 Å². The summed E-state index contributed by atoms with van der Waals surface area (Å²) in [6, 6.07) is 15.8. The number of carbonyl (C=O) groups excluding carboxylic acids is 2. The van der Waals surface area contributed by atoms with Gasteiger partial charge in [-0.15, -0.1) is 0 Å². The molecule has 1 saturated heterocycles. The first-order valence-corrected chi connectivity index (χ1v) is 7.94. The van der Waals surface area contributed by atoms with Crippen molar-refractivity contribution in [1.29, 1.82) is 0 Å². The van der Waals surface area contributed by atoms with E-state index < -0.39 is 5.41 Å². The lowest BCUT2D eigenvalue weighted by atomic mass is 9.79. The Kier molecular flexibility index (Phi) is 2.97. The second-order valence-electron chi connectivity index (χ2n) is 5.56. The van der Waals surface area contributed by atoms with Gasteiger partial charge in [0, 0.05) is 12.0 Å². The van der Waals surface area contributed by atoms with Crippen LogP contribution in [-0.4, -0.2) is 17.6 Å². The van der Waals surface area contributed by atoms with Crippen molar-refractivity contribution >= 4 is 23.9 Å². The van der Waals surface area contributed by atoms with Gasteiger partial charge in [0.05, 0.1) is 23.2 Å². The van der Waals surface area contributed by atoms with Gasteiger partial charge in [-0.1, -0.05) is 36.4 Å². The highest BCUT2D eigenvalue weighted by Gasteiger charge is 2.51. The summed E-state index contributed by atoms with van der Waals surface area (Å²) in [7, 11) is 0. The number of hydrogen-bond acceptors (Lipinski definition) is 4. The van der Waals surface area contributed by atoms with E-state index in [1.54, 1.807) is 0 Å². The van der Waals surface area contributed by atoms with E-state index in [0.717, 1.165) is 16.7 Å². The third-order valence-electron chi connectivity index (χ3n) is 4.21. The van der Waals surface area contributed by atoms with Crippen molar-refractivity contribution in [3.8, 4) is 16.9 Å². The van der Waals surface area contributed by atoms with E-state index in [2.05, 4.69) is 5.32 Å². The molecule has 4 rings (SSSR count). The van der Waals surface area contributed by atoms with Crippen molar-refractivity contribution in [2.24, 2.45) is 0 Å². The molecule has 2 aromatic carbocycles. The van der Waals surface area contributed by atoms with Crippen LogP contribution < -0.4 is 9.50 Å². The van der Waals surface area contributed by atoms with Gasteiger partial charge < -0.3 is 4.18 Å². The fraction of sp³-hybridized carbons (Fsp3) is 0.176. The average Bonchev–Trinajstić information content (AvgIpc) is 2.83. The fourth-order valence-corrected chi connectivity index (χ4v) is 3.96. The highest BCUT2D eigenvalue weighted by molar-refractivity contribution is 7.95. The molecule has 22 heavy (non-hydrogen) atoms. The number of benzene rings is 2. The van der Waals surface area contributed by atoms with Crippen molar-refractivity contribution in [2.45, 2.75) is 11.8 Å². The smallest absolute Gasteiger partial charge is 0.238 e. The zero-order valence-corrected chi connectivity index (χ0v) is 12.5. The van der Waals surface area contributed by atoms with Crippen LogP contribution in [0, 0.1) is 0 Å². The minimum atomic E-state index is -0.805. The molecule has 2 heterocycles. The summed E-state index contributed by atoms with van der Waals surface area (Å²) in [5, 5.41) is 2.43. The molecule has 1 atom stereocenters. The Hall–Kier alpha value is -2.27. The highest BCUT2D eigenvalue weighted by Crippen LogP contribution is 2.46. The van der Waals surface area contributed by atoms with Crippen molar-refractivity contribution in [3.05, 3.63) is 54.1 Å². The zero-order valence-electron chi connectivity index (χ0n) is 11.7. The third kappa shape index (κ3) is 1.93. The molecule has 2 aliphatic heterocycles. The van der Waals surface area contributed by atoms with Gasteiger partial charge in [-0.25, -0.2) is 0 Å². The minimum absolute atomic E-state index is 0.188. The molecule has 1 N–H and O–H groups in total. The predicted octanol–water partition coefficient (Wildman–Crippen LogP) is 2.68. The lowest BCUT2D eigenvalue weighted by Gasteiger charge is -2.31. The fourth-order valence-electron chi connectivity index (χ4n) is 3.04. The van der Waals surface area contributed by atoms with E-state index in [1.807, 2.05) is 48.5 Å². The molecule has 0 aliphatic carbocycles. The lowest BCUT2D eigenvalue weighted by Crippen LogP contribution is -2.40. The van der Waals surface area contributed by atoms with Gasteiger partial charge in [0.1, 0.15) is 5.75 Å². The summed E-state index contributed by atoms with van der Waals surface area (Å²) < 4.78 is 5.61. The van der Waals surface area contributed by atoms with Gasteiger partial charge >= 0.3 is 0 Å². The van der Waals surface area contributed by atoms with Crippen LogP contribution in [0.3, 0.4) is 0 Å². The monoisotopic (exact) mass is 311 g/mol. The Morgan fingerprint density at radius 1 is 1.05 bits per heavy atom. The topological polar surface area (TPSA) is 55.4 Å². The summed E-state index contributed by atoms with van der Waals surface area (Å²) in [5.41, 5.74) is 2.08. The molecule has 2 amide bonds. The number of fused-ring (bicyclic) bond motifs is 2. The third-order valence-corrected chi connectivity index (χ3v) is 5.11. The van der Waals surface area contributed by atoms with Crippen molar-refractivity contribution in [3.63, 3.8) is 0 Å². The quantitative estimate of drug-likeness (QED) is 0.650. The van der Waals surface area contributed by atoms with E-state index in [9.17, 15) is 9.59 Å². The summed E-state index contributed by atoms with van der Waals surface area (Å²) in [6.07, 6.45) is 0.188. The van der Waals surface area contributed by atoms with Crippen LogP contribution in [0.1, 0.15) is 12.0 Å². The van der Waals surface area contributed by atoms with Crippen LogP contribution in [0.2, 0.25) is 0 Å². The summed E-state index contributed by atoms with van der Waals surface area (Å²) in [4.78, 5) is 24.1. The van der Waals surface area contributed by atoms with Gasteiger partial charge in [0.25, 0.3) is 0 Å². The van der Waals surface area contributed by atoms with Crippen LogP contribution in [0.15, 0.2) is 48.5 Å². The molecule has 2 aliphatic rings. The molecule has 0 radical (unpaired) electrons. The van der Waals surface area contributed by atoms with Crippen molar-refractivity contribution < 1.29 is 13.8 Å². The van der Waals surface area contributed by atoms with E-state index in [-0.39, 0.29) is 18.2 Å². The Bertz CT molecular complexity index is 775. The van der Waals surface area contributed by atoms with Gasteiger partial charge in [-0.3, -0.25) is 14.9 Å². The van der Waals surface area contributed by atoms with E-state index in [4.69, 9.17) is 4.18 Å². The van der Waals surface area contributed by atoms with E-state index in [0.29, 0.717) is 11.5 Å². The molecule has 110 valence electrons. The summed E-state index contributed by atoms with van der Waals surface area (Å²) >= 11 is 1.23. The molecule has 1 spiro atoms. The summed E-state index contributed by atoms with van der Waals surface area (Å²) in [6.45, 7) is 0. The standard InChI is InChI=1S/C17H13NO3S/c19-15-9-17(16(20)18-15)10-22-21-14-7-6-12(8-13(14)17)11-4-2-1-3-5-11/h1-8H,9-10H2,(H,18,19,20). The molecule has 2 aromatic rings. The maximum absolute atomic E-state index is 12.4. The minimum Gasteiger partial charge on any atom is -0.425 e.